The molecule has 2 nitrogen and oxygen atoms in total. The normalized spacial score (nSPS) is 10.4. The maximum atomic E-state index is 11.1. The molecule has 13 heavy (non-hydrogen) atoms. The van der Waals surface area contributed by atoms with Gasteiger partial charge in [-0.3, -0.25) is 4.79 Å². The summed E-state index contributed by atoms with van der Waals surface area (Å²) in [6, 6.07) is 1.90. The minimum absolute atomic E-state index is 0.309. The van der Waals surface area contributed by atoms with Gasteiger partial charge >= 0.3 is 0 Å². The standard InChI is InChI=1S/C10H15NOSi/c1-5-4-8(10(11)12)9(13)7(3)6(5)2/h4H,1-3,13H3,(H2,11,12). The largest absolute Gasteiger partial charge is 0.366 e. The minimum Gasteiger partial charge on any atom is -0.366 e. The summed E-state index contributed by atoms with van der Waals surface area (Å²) in [7, 11) is 0.871. The molecule has 0 radical (unpaired) electrons. The van der Waals surface area contributed by atoms with E-state index < -0.39 is 0 Å². The van der Waals surface area contributed by atoms with Crippen LogP contribution < -0.4 is 10.9 Å². The number of amides is 1. The average Bonchev–Trinajstić information content (AvgIpc) is 2.07. The average molecular weight is 193 g/mol. The SMILES string of the molecule is Cc1cc(C(N)=O)c([SiH3])c(C)c1C. The van der Waals surface area contributed by atoms with Crippen LogP contribution in [0.15, 0.2) is 6.07 Å². The predicted molar refractivity (Wildman–Crippen MR) is 58.7 cm³/mol. The second-order valence-corrected chi connectivity index (χ2v) is 4.48. The van der Waals surface area contributed by atoms with Crippen molar-refractivity contribution in [2.24, 2.45) is 5.73 Å². The molecule has 0 heterocycles. The first-order valence-electron chi connectivity index (χ1n) is 4.32. The molecule has 3 heteroatoms. The van der Waals surface area contributed by atoms with Gasteiger partial charge in [-0.1, -0.05) is 5.19 Å². The molecular weight excluding hydrogens is 178 g/mol. The minimum atomic E-state index is -0.309. The molecule has 0 atom stereocenters. The van der Waals surface area contributed by atoms with E-state index in [4.69, 9.17) is 5.73 Å². The van der Waals surface area contributed by atoms with Crippen molar-refractivity contribution < 1.29 is 4.79 Å². The van der Waals surface area contributed by atoms with E-state index in [0.717, 1.165) is 21.0 Å². The summed E-state index contributed by atoms with van der Waals surface area (Å²) in [5, 5.41) is 1.13. The summed E-state index contributed by atoms with van der Waals surface area (Å²) in [5.74, 6) is -0.309. The number of rotatable bonds is 1. The summed E-state index contributed by atoms with van der Waals surface area (Å²) < 4.78 is 0. The van der Waals surface area contributed by atoms with E-state index >= 15 is 0 Å². The zero-order chi connectivity index (χ0) is 10.2. The van der Waals surface area contributed by atoms with Gasteiger partial charge in [0.2, 0.25) is 5.91 Å². The number of hydrogen-bond acceptors (Lipinski definition) is 1. The van der Waals surface area contributed by atoms with E-state index in [-0.39, 0.29) is 5.91 Å². The summed E-state index contributed by atoms with van der Waals surface area (Å²) in [4.78, 5) is 11.1. The molecule has 1 rings (SSSR count). The van der Waals surface area contributed by atoms with Gasteiger partial charge in [0.25, 0.3) is 0 Å². The number of hydrogen-bond donors (Lipinski definition) is 1. The van der Waals surface area contributed by atoms with Gasteiger partial charge in [0.1, 0.15) is 0 Å². The Labute approximate surface area is 81.6 Å². The number of carbonyl (C=O) groups excluding carboxylic acids is 1. The van der Waals surface area contributed by atoms with Crippen molar-refractivity contribution in [1.82, 2.24) is 0 Å². The highest BCUT2D eigenvalue weighted by Gasteiger charge is 2.10. The molecule has 0 aromatic heterocycles. The molecule has 2 N–H and O–H groups in total. The Kier molecular flexibility index (Phi) is 2.57. The van der Waals surface area contributed by atoms with Gasteiger partial charge in [0.15, 0.2) is 0 Å². The lowest BCUT2D eigenvalue weighted by Gasteiger charge is -2.11. The van der Waals surface area contributed by atoms with E-state index in [9.17, 15) is 4.79 Å². The highest BCUT2D eigenvalue weighted by atomic mass is 28.1. The molecule has 1 aromatic carbocycles. The van der Waals surface area contributed by atoms with Crippen LogP contribution in [0.2, 0.25) is 0 Å². The first kappa shape index (κ1) is 9.99. The van der Waals surface area contributed by atoms with E-state index in [2.05, 4.69) is 13.8 Å². The van der Waals surface area contributed by atoms with Gasteiger partial charge in [-0.2, -0.15) is 0 Å². The van der Waals surface area contributed by atoms with Gasteiger partial charge in [-0.15, -0.1) is 0 Å². The Morgan fingerprint density at radius 3 is 2.31 bits per heavy atom. The highest BCUT2D eigenvalue weighted by Crippen LogP contribution is 2.12. The van der Waals surface area contributed by atoms with E-state index in [1.807, 2.05) is 13.0 Å². The molecule has 0 aliphatic rings. The third kappa shape index (κ3) is 1.65. The Bertz CT molecular complexity index is 372. The lowest BCUT2D eigenvalue weighted by atomic mass is 10.00. The lowest BCUT2D eigenvalue weighted by Crippen LogP contribution is -2.25. The fourth-order valence-corrected chi connectivity index (χ4v) is 2.23. The van der Waals surface area contributed by atoms with Crippen molar-refractivity contribution in [1.29, 1.82) is 0 Å². The zero-order valence-electron chi connectivity index (χ0n) is 8.56. The second kappa shape index (κ2) is 3.34. The third-order valence-electron chi connectivity index (χ3n) is 2.75. The Morgan fingerprint density at radius 2 is 1.85 bits per heavy atom. The molecular formula is C10H15NOSi. The van der Waals surface area contributed by atoms with Gasteiger partial charge in [0, 0.05) is 15.8 Å². The predicted octanol–water partition coefficient (Wildman–Crippen LogP) is -0.299. The van der Waals surface area contributed by atoms with Crippen LogP contribution in [0.3, 0.4) is 0 Å². The fourth-order valence-electron chi connectivity index (χ4n) is 1.47. The quantitative estimate of drug-likeness (QED) is 0.612. The number of aryl methyl sites for hydroxylation is 1. The van der Waals surface area contributed by atoms with Crippen LogP contribution in [0.25, 0.3) is 0 Å². The van der Waals surface area contributed by atoms with E-state index in [1.54, 1.807) is 0 Å². The molecule has 0 saturated carbocycles. The first-order chi connectivity index (χ1) is 5.95. The van der Waals surface area contributed by atoms with Crippen molar-refractivity contribution in [2.75, 3.05) is 0 Å². The highest BCUT2D eigenvalue weighted by molar-refractivity contribution is 6.37. The summed E-state index contributed by atoms with van der Waals surface area (Å²) >= 11 is 0. The van der Waals surface area contributed by atoms with Crippen molar-refractivity contribution in [2.45, 2.75) is 20.8 Å². The summed E-state index contributed by atoms with van der Waals surface area (Å²) in [5.41, 5.74) is 9.63. The molecule has 70 valence electrons. The number of benzene rings is 1. The maximum Gasteiger partial charge on any atom is 0.248 e. The third-order valence-corrected chi connectivity index (χ3v) is 4.04. The van der Waals surface area contributed by atoms with Gasteiger partial charge in [-0.25, -0.2) is 0 Å². The van der Waals surface area contributed by atoms with Crippen LogP contribution in [0.4, 0.5) is 0 Å². The molecule has 0 bridgehead atoms. The Morgan fingerprint density at radius 1 is 1.31 bits per heavy atom. The Balaban J connectivity index is 3.50. The van der Waals surface area contributed by atoms with Crippen molar-refractivity contribution in [3.63, 3.8) is 0 Å². The van der Waals surface area contributed by atoms with Crippen LogP contribution in [-0.4, -0.2) is 16.1 Å². The monoisotopic (exact) mass is 193 g/mol. The maximum absolute atomic E-state index is 11.1. The summed E-state index contributed by atoms with van der Waals surface area (Å²) in [6.07, 6.45) is 0. The second-order valence-electron chi connectivity index (χ2n) is 3.48. The van der Waals surface area contributed by atoms with Gasteiger partial charge in [-0.05, 0) is 43.5 Å². The molecule has 0 aliphatic heterocycles. The molecule has 0 aliphatic carbocycles. The molecule has 1 amide bonds. The van der Waals surface area contributed by atoms with Gasteiger partial charge in [0.05, 0.1) is 0 Å². The van der Waals surface area contributed by atoms with Crippen LogP contribution in [0, 0.1) is 20.8 Å². The van der Waals surface area contributed by atoms with Crippen LogP contribution in [0.5, 0.6) is 0 Å². The van der Waals surface area contributed by atoms with E-state index in [0.29, 0.717) is 5.56 Å². The number of primary amides is 1. The van der Waals surface area contributed by atoms with E-state index in [1.165, 1.54) is 11.1 Å². The Hall–Kier alpha value is -1.09. The number of carbonyl (C=O) groups is 1. The summed E-state index contributed by atoms with van der Waals surface area (Å²) in [6.45, 7) is 6.14. The first-order valence-corrected chi connectivity index (χ1v) is 5.32. The zero-order valence-corrected chi connectivity index (χ0v) is 10.6. The van der Waals surface area contributed by atoms with Crippen molar-refractivity contribution in [3.05, 3.63) is 28.3 Å². The molecule has 0 unspecified atom stereocenters. The smallest absolute Gasteiger partial charge is 0.248 e. The van der Waals surface area contributed by atoms with Crippen LogP contribution in [-0.2, 0) is 0 Å². The number of nitrogens with two attached hydrogens (primary N) is 1. The molecule has 0 fully saturated rings. The van der Waals surface area contributed by atoms with Gasteiger partial charge < -0.3 is 5.73 Å². The topological polar surface area (TPSA) is 43.1 Å². The molecule has 0 saturated heterocycles. The molecule has 1 aromatic rings. The molecule has 0 spiro atoms. The van der Waals surface area contributed by atoms with Crippen LogP contribution >= 0.6 is 0 Å². The lowest BCUT2D eigenvalue weighted by molar-refractivity contribution is 0.100. The van der Waals surface area contributed by atoms with Crippen molar-refractivity contribution in [3.8, 4) is 0 Å². The van der Waals surface area contributed by atoms with Crippen LogP contribution in [0.1, 0.15) is 27.0 Å². The van der Waals surface area contributed by atoms with Crippen molar-refractivity contribution >= 4 is 21.3 Å². The fraction of sp³-hybridized carbons (Fsp3) is 0.300.